The van der Waals surface area contributed by atoms with Crippen LogP contribution >= 0.6 is 0 Å². The number of anilines is 3. The molecule has 0 bridgehead atoms. The summed E-state index contributed by atoms with van der Waals surface area (Å²) in [6.45, 7) is 0. The zero-order chi connectivity index (χ0) is 18.4. The number of benzene rings is 2. The number of hydrogen-bond donors (Lipinski definition) is 4. The molecule has 26 heavy (non-hydrogen) atoms. The molecule has 0 aromatic heterocycles. The summed E-state index contributed by atoms with van der Waals surface area (Å²) >= 11 is 0. The van der Waals surface area contributed by atoms with Crippen molar-refractivity contribution in [3.63, 3.8) is 0 Å². The molecule has 5 N–H and O–H groups in total. The van der Waals surface area contributed by atoms with Gasteiger partial charge in [-0.25, -0.2) is 4.79 Å². The topological polar surface area (TPSA) is 96.2 Å². The van der Waals surface area contributed by atoms with E-state index in [4.69, 9.17) is 5.73 Å². The molecule has 0 aliphatic heterocycles. The minimum atomic E-state index is -0.316. The van der Waals surface area contributed by atoms with E-state index < -0.39 is 0 Å². The van der Waals surface area contributed by atoms with Crippen LogP contribution in [0.5, 0.6) is 0 Å². The number of amides is 3. The van der Waals surface area contributed by atoms with E-state index in [1.54, 1.807) is 24.3 Å². The van der Waals surface area contributed by atoms with E-state index >= 15 is 0 Å². The molecule has 0 saturated heterocycles. The van der Waals surface area contributed by atoms with Crippen LogP contribution in [0.1, 0.15) is 25.7 Å². The Kier molecular flexibility index (Phi) is 5.86. The van der Waals surface area contributed by atoms with Crippen LogP contribution in [0.2, 0.25) is 0 Å². The van der Waals surface area contributed by atoms with Crippen molar-refractivity contribution in [2.45, 2.75) is 31.7 Å². The highest BCUT2D eigenvalue weighted by molar-refractivity contribution is 6.00. The fourth-order valence-corrected chi connectivity index (χ4v) is 3.22. The van der Waals surface area contributed by atoms with Gasteiger partial charge in [-0.3, -0.25) is 4.79 Å². The molecule has 6 nitrogen and oxygen atoms in total. The maximum Gasteiger partial charge on any atom is 0.323 e. The van der Waals surface area contributed by atoms with Gasteiger partial charge in [0.1, 0.15) is 0 Å². The number of nitrogens with one attached hydrogen (secondary N) is 3. The van der Waals surface area contributed by atoms with Crippen LogP contribution in [0, 0.1) is 5.92 Å². The van der Waals surface area contributed by atoms with Crippen LogP contribution in [0.3, 0.4) is 0 Å². The van der Waals surface area contributed by atoms with Crippen molar-refractivity contribution >= 4 is 29.0 Å². The monoisotopic (exact) mass is 352 g/mol. The van der Waals surface area contributed by atoms with Crippen molar-refractivity contribution in [2.24, 2.45) is 11.7 Å². The van der Waals surface area contributed by atoms with Crippen LogP contribution in [-0.4, -0.2) is 18.0 Å². The van der Waals surface area contributed by atoms with Crippen LogP contribution in [-0.2, 0) is 4.79 Å². The molecule has 2 aromatic carbocycles. The molecule has 0 radical (unpaired) electrons. The normalized spacial score (nSPS) is 19.0. The highest BCUT2D eigenvalue weighted by Crippen LogP contribution is 2.27. The molecule has 1 saturated carbocycles. The molecule has 136 valence electrons. The van der Waals surface area contributed by atoms with E-state index in [0.29, 0.717) is 17.8 Å². The summed E-state index contributed by atoms with van der Waals surface area (Å²) in [7, 11) is 0. The van der Waals surface area contributed by atoms with Gasteiger partial charge in [0.25, 0.3) is 0 Å². The molecule has 1 aliphatic rings. The lowest BCUT2D eigenvalue weighted by Gasteiger charge is -2.15. The number of carbonyl (C=O) groups is 2. The molecule has 0 unspecified atom stereocenters. The highest BCUT2D eigenvalue weighted by Gasteiger charge is 2.25. The van der Waals surface area contributed by atoms with Crippen LogP contribution in [0.4, 0.5) is 21.9 Å². The van der Waals surface area contributed by atoms with Gasteiger partial charge in [-0.05, 0) is 55.2 Å². The smallest absolute Gasteiger partial charge is 0.323 e. The average molecular weight is 352 g/mol. The van der Waals surface area contributed by atoms with Gasteiger partial charge in [-0.15, -0.1) is 0 Å². The van der Waals surface area contributed by atoms with Gasteiger partial charge in [0.15, 0.2) is 0 Å². The summed E-state index contributed by atoms with van der Waals surface area (Å²) in [6.07, 6.45) is 3.59. The van der Waals surface area contributed by atoms with E-state index in [-0.39, 0.29) is 23.9 Å². The minimum absolute atomic E-state index is 0.0186. The Morgan fingerprint density at radius 1 is 0.846 bits per heavy atom. The van der Waals surface area contributed by atoms with Gasteiger partial charge < -0.3 is 21.7 Å². The second-order valence-corrected chi connectivity index (χ2v) is 6.63. The molecule has 0 spiro atoms. The van der Waals surface area contributed by atoms with E-state index in [0.717, 1.165) is 24.9 Å². The van der Waals surface area contributed by atoms with Gasteiger partial charge in [0, 0.05) is 29.5 Å². The van der Waals surface area contributed by atoms with Gasteiger partial charge in [0.2, 0.25) is 5.91 Å². The van der Waals surface area contributed by atoms with E-state index in [9.17, 15) is 9.59 Å². The molecule has 2 atom stereocenters. The first-order valence-corrected chi connectivity index (χ1v) is 8.89. The summed E-state index contributed by atoms with van der Waals surface area (Å²) < 4.78 is 0. The van der Waals surface area contributed by atoms with Crippen molar-refractivity contribution in [1.29, 1.82) is 0 Å². The maximum absolute atomic E-state index is 12.1. The van der Waals surface area contributed by atoms with Crippen molar-refractivity contribution in [1.82, 2.24) is 0 Å². The Labute approximate surface area is 153 Å². The number of carbonyl (C=O) groups excluding carboxylic acids is 2. The van der Waals surface area contributed by atoms with Crippen LogP contribution in [0.25, 0.3) is 0 Å². The standard InChI is InChI=1S/C20H24N4O2/c21-18-8-4-5-14(18)13-19(25)22-16-9-11-17(12-10-16)24-20(26)23-15-6-2-1-3-7-15/h1-3,6-7,9-12,14,18H,4-5,8,13,21H2,(H,22,25)(H2,23,24,26)/t14-,18+/m0/s1. The van der Waals surface area contributed by atoms with Crippen molar-refractivity contribution < 1.29 is 9.59 Å². The lowest BCUT2D eigenvalue weighted by molar-refractivity contribution is -0.117. The maximum atomic E-state index is 12.1. The summed E-state index contributed by atoms with van der Waals surface area (Å²) in [5.41, 5.74) is 8.09. The Morgan fingerprint density at radius 2 is 1.42 bits per heavy atom. The largest absolute Gasteiger partial charge is 0.327 e. The summed E-state index contributed by atoms with van der Waals surface area (Å²) in [4.78, 5) is 24.1. The fourth-order valence-electron chi connectivity index (χ4n) is 3.22. The fraction of sp³-hybridized carbons (Fsp3) is 0.300. The minimum Gasteiger partial charge on any atom is -0.327 e. The van der Waals surface area contributed by atoms with Gasteiger partial charge in [0.05, 0.1) is 0 Å². The molecule has 0 heterocycles. The molecule has 6 heteroatoms. The van der Waals surface area contributed by atoms with Crippen molar-refractivity contribution in [2.75, 3.05) is 16.0 Å². The predicted octanol–water partition coefficient (Wildman–Crippen LogP) is 3.79. The molecule has 3 rings (SSSR count). The van der Waals surface area contributed by atoms with Crippen molar-refractivity contribution in [3.05, 3.63) is 54.6 Å². The second-order valence-electron chi connectivity index (χ2n) is 6.63. The lowest BCUT2D eigenvalue weighted by atomic mass is 10.00. The zero-order valence-corrected chi connectivity index (χ0v) is 14.6. The molecule has 3 amide bonds. The van der Waals surface area contributed by atoms with Gasteiger partial charge >= 0.3 is 6.03 Å². The van der Waals surface area contributed by atoms with Gasteiger partial charge in [-0.2, -0.15) is 0 Å². The van der Waals surface area contributed by atoms with E-state index in [1.165, 1.54) is 0 Å². The third-order valence-electron chi connectivity index (χ3n) is 4.62. The summed E-state index contributed by atoms with van der Waals surface area (Å²) in [5, 5.41) is 8.39. The SMILES string of the molecule is N[C@@H]1CCC[C@H]1CC(=O)Nc1ccc(NC(=O)Nc2ccccc2)cc1. The lowest BCUT2D eigenvalue weighted by Crippen LogP contribution is -2.28. The summed E-state index contributed by atoms with van der Waals surface area (Å²) in [6, 6.07) is 16.1. The Balaban J connectivity index is 1.48. The van der Waals surface area contributed by atoms with Crippen LogP contribution < -0.4 is 21.7 Å². The number of nitrogens with two attached hydrogens (primary N) is 1. The zero-order valence-electron chi connectivity index (χ0n) is 14.6. The molecule has 2 aromatic rings. The predicted molar refractivity (Wildman–Crippen MR) is 104 cm³/mol. The number of rotatable bonds is 5. The van der Waals surface area contributed by atoms with Crippen molar-refractivity contribution in [3.8, 4) is 0 Å². The van der Waals surface area contributed by atoms with E-state index in [1.807, 2.05) is 30.3 Å². The van der Waals surface area contributed by atoms with Gasteiger partial charge in [-0.1, -0.05) is 24.6 Å². The number of para-hydroxylation sites is 1. The first kappa shape index (κ1) is 17.9. The Hall–Kier alpha value is -2.86. The molecule has 1 aliphatic carbocycles. The average Bonchev–Trinajstić information content (AvgIpc) is 3.02. The number of urea groups is 1. The Morgan fingerprint density at radius 3 is 2.00 bits per heavy atom. The summed E-state index contributed by atoms with van der Waals surface area (Å²) in [5.74, 6) is 0.257. The van der Waals surface area contributed by atoms with E-state index in [2.05, 4.69) is 16.0 Å². The first-order valence-electron chi connectivity index (χ1n) is 8.89. The number of hydrogen-bond acceptors (Lipinski definition) is 3. The third-order valence-corrected chi connectivity index (χ3v) is 4.62. The molecule has 1 fully saturated rings. The quantitative estimate of drug-likeness (QED) is 0.659. The highest BCUT2D eigenvalue weighted by atomic mass is 16.2. The first-order chi connectivity index (χ1) is 12.6. The molecular formula is C20H24N4O2. The third kappa shape index (κ3) is 5.07. The van der Waals surface area contributed by atoms with Crippen LogP contribution in [0.15, 0.2) is 54.6 Å². The molecular weight excluding hydrogens is 328 g/mol. The Bertz CT molecular complexity index is 746. The second kappa shape index (κ2) is 8.49.